The van der Waals surface area contributed by atoms with Crippen LogP contribution in [0.3, 0.4) is 0 Å². The third-order valence-corrected chi connectivity index (χ3v) is 3.22. The quantitative estimate of drug-likeness (QED) is 0.716. The van der Waals surface area contributed by atoms with Gasteiger partial charge in [0.1, 0.15) is 23.1 Å². The smallest absolute Gasteiger partial charge is 0.143 e. The van der Waals surface area contributed by atoms with E-state index in [9.17, 15) is 4.39 Å². The number of fused-ring (bicyclic) bond motifs is 1. The van der Waals surface area contributed by atoms with Gasteiger partial charge in [-0.1, -0.05) is 18.2 Å². The zero-order valence-electron chi connectivity index (χ0n) is 10.8. The molecule has 0 saturated carbocycles. The second-order valence-corrected chi connectivity index (χ2v) is 4.56. The molecule has 3 aromatic rings. The summed E-state index contributed by atoms with van der Waals surface area (Å²) in [5.74, 6) is -0.277. The highest BCUT2D eigenvalue weighted by Gasteiger charge is 2.12. The Kier molecular flexibility index (Phi) is 2.92. The summed E-state index contributed by atoms with van der Waals surface area (Å²) in [6.45, 7) is 0. The molecule has 0 N–H and O–H groups in total. The molecule has 0 bridgehead atoms. The number of pyridine rings is 1. The molecule has 0 radical (unpaired) electrons. The van der Waals surface area contributed by atoms with E-state index in [2.05, 4.69) is 9.97 Å². The predicted molar refractivity (Wildman–Crippen MR) is 72.4 cm³/mol. The number of rotatable bonds is 2. The van der Waals surface area contributed by atoms with Gasteiger partial charge in [0.25, 0.3) is 0 Å². The minimum atomic E-state index is -0.277. The van der Waals surface area contributed by atoms with Crippen LogP contribution in [0.4, 0.5) is 4.39 Å². The summed E-state index contributed by atoms with van der Waals surface area (Å²) in [5.41, 5.74) is 3.00. The maximum Gasteiger partial charge on any atom is 0.143 e. The Bertz CT molecular complexity index is 829. The minimum absolute atomic E-state index is 0.277. The first-order valence-corrected chi connectivity index (χ1v) is 6.13. The maximum atomic E-state index is 13.7. The molecular formula is C15H11FN4. The number of imidazole rings is 1. The first kappa shape index (κ1) is 12.3. The molecule has 3 rings (SSSR count). The number of aryl methyl sites for hydroxylation is 1. The normalized spacial score (nSPS) is 10.7. The lowest BCUT2D eigenvalue weighted by atomic mass is 10.1. The second kappa shape index (κ2) is 4.74. The summed E-state index contributed by atoms with van der Waals surface area (Å²) in [6.07, 6.45) is 1.98. The van der Waals surface area contributed by atoms with Crippen LogP contribution in [0.2, 0.25) is 0 Å². The van der Waals surface area contributed by atoms with E-state index >= 15 is 0 Å². The van der Waals surface area contributed by atoms with Crippen LogP contribution >= 0.6 is 0 Å². The molecule has 0 unspecified atom stereocenters. The SMILES string of the molecule is Cn1cnc2c(Cc3ccccc3F)nc(C#N)cc21. The zero-order chi connectivity index (χ0) is 14.1. The molecular weight excluding hydrogens is 255 g/mol. The number of nitriles is 1. The Balaban J connectivity index is 2.16. The topological polar surface area (TPSA) is 54.5 Å². The maximum absolute atomic E-state index is 13.7. The molecule has 2 heterocycles. The van der Waals surface area contributed by atoms with Gasteiger partial charge in [0.2, 0.25) is 0 Å². The molecule has 2 aromatic heterocycles. The Morgan fingerprint density at radius 3 is 2.90 bits per heavy atom. The van der Waals surface area contributed by atoms with Crippen molar-refractivity contribution < 1.29 is 4.39 Å². The van der Waals surface area contributed by atoms with Crippen molar-refractivity contribution in [3.8, 4) is 6.07 Å². The molecule has 0 aliphatic rings. The summed E-state index contributed by atoms with van der Waals surface area (Å²) in [4.78, 5) is 8.55. The first-order valence-electron chi connectivity index (χ1n) is 6.13. The Labute approximate surface area is 115 Å². The molecule has 20 heavy (non-hydrogen) atoms. The number of nitrogens with zero attached hydrogens (tertiary/aromatic N) is 4. The molecule has 4 nitrogen and oxygen atoms in total. The van der Waals surface area contributed by atoms with Gasteiger partial charge in [-0.05, 0) is 11.6 Å². The average Bonchev–Trinajstić information content (AvgIpc) is 2.83. The fourth-order valence-corrected chi connectivity index (χ4v) is 2.20. The Morgan fingerprint density at radius 2 is 2.15 bits per heavy atom. The van der Waals surface area contributed by atoms with Crippen LogP contribution in [0.1, 0.15) is 17.0 Å². The van der Waals surface area contributed by atoms with E-state index in [0.29, 0.717) is 28.9 Å². The fourth-order valence-electron chi connectivity index (χ4n) is 2.20. The summed E-state index contributed by atoms with van der Waals surface area (Å²) in [5, 5.41) is 9.05. The van der Waals surface area contributed by atoms with Gasteiger partial charge in [0.05, 0.1) is 17.5 Å². The fraction of sp³-hybridized carbons (Fsp3) is 0.133. The van der Waals surface area contributed by atoms with Gasteiger partial charge >= 0.3 is 0 Å². The molecule has 0 saturated heterocycles. The van der Waals surface area contributed by atoms with E-state index in [-0.39, 0.29) is 5.82 Å². The molecule has 0 spiro atoms. The van der Waals surface area contributed by atoms with E-state index in [1.807, 2.05) is 17.7 Å². The minimum Gasteiger partial charge on any atom is -0.334 e. The van der Waals surface area contributed by atoms with E-state index in [1.54, 1.807) is 30.6 Å². The number of halogens is 1. The van der Waals surface area contributed by atoms with Crippen LogP contribution < -0.4 is 0 Å². The Morgan fingerprint density at radius 1 is 1.35 bits per heavy atom. The number of hydrogen-bond acceptors (Lipinski definition) is 3. The average molecular weight is 266 g/mol. The van der Waals surface area contributed by atoms with Crippen molar-refractivity contribution in [2.24, 2.45) is 7.05 Å². The van der Waals surface area contributed by atoms with E-state index < -0.39 is 0 Å². The number of benzene rings is 1. The highest BCUT2D eigenvalue weighted by Crippen LogP contribution is 2.20. The zero-order valence-corrected chi connectivity index (χ0v) is 10.8. The second-order valence-electron chi connectivity index (χ2n) is 4.56. The summed E-state index contributed by atoms with van der Waals surface area (Å²) < 4.78 is 15.6. The summed E-state index contributed by atoms with van der Waals surface area (Å²) >= 11 is 0. The van der Waals surface area contributed by atoms with Gasteiger partial charge in [-0.3, -0.25) is 0 Å². The predicted octanol–water partition coefficient (Wildman–Crippen LogP) is 2.57. The molecule has 1 aromatic carbocycles. The standard InChI is InChI=1S/C15H11FN4/c1-20-9-18-15-13(19-11(8-17)7-14(15)20)6-10-4-2-3-5-12(10)16/h2-5,7,9H,6H2,1H3. The van der Waals surface area contributed by atoms with Crippen molar-refractivity contribution in [2.75, 3.05) is 0 Å². The lowest BCUT2D eigenvalue weighted by Crippen LogP contribution is -1.99. The molecule has 0 fully saturated rings. The van der Waals surface area contributed by atoms with Crippen molar-refractivity contribution >= 4 is 11.0 Å². The summed E-state index contributed by atoms with van der Waals surface area (Å²) in [7, 11) is 1.85. The van der Waals surface area contributed by atoms with Gasteiger partial charge in [-0.2, -0.15) is 5.26 Å². The van der Waals surface area contributed by atoms with Gasteiger partial charge < -0.3 is 4.57 Å². The van der Waals surface area contributed by atoms with Crippen LogP contribution in [0.5, 0.6) is 0 Å². The van der Waals surface area contributed by atoms with Crippen LogP contribution in [0.25, 0.3) is 11.0 Å². The van der Waals surface area contributed by atoms with E-state index in [0.717, 1.165) is 5.52 Å². The molecule has 5 heteroatoms. The van der Waals surface area contributed by atoms with Crippen LogP contribution in [0, 0.1) is 17.1 Å². The van der Waals surface area contributed by atoms with Gasteiger partial charge in [0, 0.05) is 19.5 Å². The van der Waals surface area contributed by atoms with E-state index in [4.69, 9.17) is 5.26 Å². The number of aromatic nitrogens is 3. The molecule has 0 aliphatic carbocycles. The van der Waals surface area contributed by atoms with Crippen molar-refractivity contribution in [2.45, 2.75) is 6.42 Å². The third-order valence-electron chi connectivity index (χ3n) is 3.22. The van der Waals surface area contributed by atoms with Gasteiger partial charge in [-0.15, -0.1) is 0 Å². The number of hydrogen-bond donors (Lipinski definition) is 0. The lowest BCUT2D eigenvalue weighted by Gasteiger charge is -2.05. The third kappa shape index (κ3) is 2.01. The molecule has 0 atom stereocenters. The molecule has 0 amide bonds. The van der Waals surface area contributed by atoms with Crippen molar-refractivity contribution in [1.29, 1.82) is 5.26 Å². The van der Waals surface area contributed by atoms with Gasteiger partial charge in [-0.25, -0.2) is 14.4 Å². The van der Waals surface area contributed by atoms with Crippen molar-refractivity contribution in [1.82, 2.24) is 14.5 Å². The van der Waals surface area contributed by atoms with Crippen LogP contribution in [-0.2, 0) is 13.5 Å². The Hall–Kier alpha value is -2.74. The van der Waals surface area contributed by atoms with Crippen molar-refractivity contribution in [3.05, 3.63) is 59.4 Å². The molecule has 0 aliphatic heterocycles. The highest BCUT2D eigenvalue weighted by atomic mass is 19.1. The highest BCUT2D eigenvalue weighted by molar-refractivity contribution is 5.79. The molecule has 98 valence electrons. The largest absolute Gasteiger partial charge is 0.334 e. The van der Waals surface area contributed by atoms with Crippen LogP contribution in [0.15, 0.2) is 36.7 Å². The van der Waals surface area contributed by atoms with Crippen LogP contribution in [-0.4, -0.2) is 14.5 Å². The van der Waals surface area contributed by atoms with Crippen molar-refractivity contribution in [3.63, 3.8) is 0 Å². The first-order chi connectivity index (χ1) is 9.69. The monoisotopic (exact) mass is 266 g/mol. The summed E-state index contributed by atoms with van der Waals surface area (Å²) in [6, 6.07) is 10.3. The van der Waals surface area contributed by atoms with Gasteiger partial charge in [0.15, 0.2) is 0 Å². The lowest BCUT2D eigenvalue weighted by molar-refractivity contribution is 0.613. The van der Waals surface area contributed by atoms with E-state index in [1.165, 1.54) is 6.07 Å².